The molecule has 0 atom stereocenters. The van der Waals surface area contributed by atoms with Crippen LogP contribution in [0.15, 0.2) is 34.2 Å². The minimum Gasteiger partial charge on any atom is -0.396 e. The smallest absolute Gasteiger partial charge is 0.263 e. The summed E-state index contributed by atoms with van der Waals surface area (Å²) in [7, 11) is 0. The van der Waals surface area contributed by atoms with Gasteiger partial charge in [0.15, 0.2) is 5.16 Å². The normalized spacial score (nSPS) is 11.3. The molecular formula is C17H17FN2O2S2. The second-order valence-corrected chi connectivity index (χ2v) is 7.50. The number of hydrogen-bond donors (Lipinski definition) is 1. The largest absolute Gasteiger partial charge is 0.396 e. The molecule has 0 bridgehead atoms. The van der Waals surface area contributed by atoms with Gasteiger partial charge in [0.1, 0.15) is 10.6 Å². The van der Waals surface area contributed by atoms with E-state index in [1.54, 1.807) is 16.7 Å². The van der Waals surface area contributed by atoms with Gasteiger partial charge in [0.2, 0.25) is 0 Å². The first kappa shape index (κ1) is 17.1. The maximum atomic E-state index is 13.2. The third-order valence-corrected chi connectivity index (χ3v) is 5.68. The summed E-state index contributed by atoms with van der Waals surface area (Å²) in [4.78, 5) is 19.3. The lowest BCUT2D eigenvalue weighted by Crippen LogP contribution is -2.22. The van der Waals surface area contributed by atoms with Crippen molar-refractivity contribution in [2.24, 2.45) is 0 Å². The first-order valence-corrected chi connectivity index (χ1v) is 9.40. The molecule has 1 N–H and O–H groups in total. The molecule has 1 aromatic carbocycles. The van der Waals surface area contributed by atoms with Gasteiger partial charge in [-0.1, -0.05) is 23.9 Å². The van der Waals surface area contributed by atoms with E-state index in [1.807, 2.05) is 13.8 Å². The number of aliphatic hydroxyl groups excluding tert-OH is 1. The molecule has 3 aromatic rings. The molecule has 7 heteroatoms. The molecule has 0 saturated heterocycles. The van der Waals surface area contributed by atoms with E-state index in [9.17, 15) is 9.18 Å². The fraction of sp³-hybridized carbons (Fsp3) is 0.294. The first-order chi connectivity index (χ1) is 11.6. The number of aliphatic hydroxyl groups is 1. The summed E-state index contributed by atoms with van der Waals surface area (Å²) in [5.74, 6) is 0.190. The molecule has 0 amide bonds. The Morgan fingerprint density at radius 1 is 1.33 bits per heavy atom. The molecule has 0 saturated carbocycles. The predicted molar refractivity (Wildman–Crippen MR) is 97.5 cm³/mol. The Morgan fingerprint density at radius 2 is 2.04 bits per heavy atom. The van der Waals surface area contributed by atoms with Crippen LogP contribution in [0.3, 0.4) is 0 Å². The Morgan fingerprint density at radius 3 is 2.67 bits per heavy atom. The molecule has 0 spiro atoms. The van der Waals surface area contributed by atoms with Gasteiger partial charge in [0.25, 0.3) is 5.56 Å². The number of thiophene rings is 1. The minimum atomic E-state index is -0.303. The van der Waals surface area contributed by atoms with Gasteiger partial charge in [-0.15, -0.1) is 11.3 Å². The van der Waals surface area contributed by atoms with Gasteiger partial charge in [0.05, 0.1) is 12.0 Å². The van der Waals surface area contributed by atoms with Crippen molar-refractivity contribution in [1.82, 2.24) is 9.55 Å². The van der Waals surface area contributed by atoms with Crippen LogP contribution in [0.25, 0.3) is 21.3 Å². The molecule has 0 unspecified atom stereocenters. The number of rotatable bonds is 5. The van der Waals surface area contributed by atoms with Crippen molar-refractivity contribution in [2.45, 2.75) is 25.5 Å². The number of aryl methyl sites for hydroxylation is 1. The van der Waals surface area contributed by atoms with E-state index in [0.717, 1.165) is 16.0 Å². The van der Waals surface area contributed by atoms with Gasteiger partial charge < -0.3 is 5.11 Å². The molecule has 24 heavy (non-hydrogen) atoms. The van der Waals surface area contributed by atoms with Gasteiger partial charge in [-0.3, -0.25) is 9.36 Å². The van der Waals surface area contributed by atoms with Crippen molar-refractivity contribution in [2.75, 3.05) is 12.4 Å². The maximum Gasteiger partial charge on any atom is 0.263 e. The van der Waals surface area contributed by atoms with Crippen molar-refractivity contribution in [3.63, 3.8) is 0 Å². The van der Waals surface area contributed by atoms with Gasteiger partial charge in [-0.25, -0.2) is 9.37 Å². The van der Waals surface area contributed by atoms with Crippen molar-refractivity contribution in [3.8, 4) is 11.1 Å². The molecule has 2 aromatic heterocycles. The second kappa shape index (κ2) is 7.04. The number of halogens is 1. The first-order valence-electron chi connectivity index (χ1n) is 7.60. The highest BCUT2D eigenvalue weighted by molar-refractivity contribution is 7.99. The summed E-state index contributed by atoms with van der Waals surface area (Å²) in [6.45, 7) is 4.38. The lowest BCUT2D eigenvalue weighted by Gasteiger charge is -2.10. The van der Waals surface area contributed by atoms with Crippen LogP contribution < -0.4 is 5.56 Å². The number of nitrogens with zero attached hydrogens (tertiary/aromatic N) is 2. The standard InChI is InChI=1S/C17H17FN2O2S2/c1-3-20-16(22)14-13(11-4-6-12(18)7-5-11)10(2)24-15(14)19-17(20)23-9-8-21/h4-7,21H,3,8-9H2,1-2H3. The monoisotopic (exact) mass is 364 g/mol. The molecule has 0 aliphatic carbocycles. The molecule has 0 aliphatic rings. The van der Waals surface area contributed by atoms with Gasteiger partial charge >= 0.3 is 0 Å². The molecule has 3 rings (SSSR count). The SMILES string of the molecule is CCn1c(SCCO)nc2sc(C)c(-c3ccc(F)cc3)c2c1=O. The van der Waals surface area contributed by atoms with E-state index in [1.165, 1.54) is 35.2 Å². The van der Waals surface area contributed by atoms with Crippen LogP contribution in [0.5, 0.6) is 0 Å². The highest BCUT2D eigenvalue weighted by Crippen LogP contribution is 2.36. The van der Waals surface area contributed by atoms with Gasteiger partial charge in [0, 0.05) is 22.7 Å². The average molecular weight is 364 g/mol. The molecule has 4 nitrogen and oxygen atoms in total. The van der Waals surface area contributed by atoms with Gasteiger partial charge in [-0.05, 0) is 31.5 Å². The molecular weight excluding hydrogens is 347 g/mol. The zero-order valence-corrected chi connectivity index (χ0v) is 15.0. The van der Waals surface area contributed by atoms with Crippen LogP contribution in [0.2, 0.25) is 0 Å². The summed E-state index contributed by atoms with van der Waals surface area (Å²) in [6.07, 6.45) is 0. The second-order valence-electron chi connectivity index (χ2n) is 5.24. The Hall–Kier alpha value is -1.70. The van der Waals surface area contributed by atoms with Gasteiger partial charge in [-0.2, -0.15) is 0 Å². The van der Waals surface area contributed by atoms with Crippen LogP contribution in [0.1, 0.15) is 11.8 Å². The predicted octanol–water partition coefficient (Wildman–Crippen LogP) is 3.68. The summed E-state index contributed by atoms with van der Waals surface area (Å²) < 4.78 is 14.8. The molecule has 0 aliphatic heterocycles. The molecule has 0 radical (unpaired) electrons. The lowest BCUT2D eigenvalue weighted by molar-refractivity contribution is 0.322. The van der Waals surface area contributed by atoms with Crippen LogP contribution in [0.4, 0.5) is 4.39 Å². The number of aromatic nitrogens is 2. The maximum absolute atomic E-state index is 13.2. The van der Waals surface area contributed by atoms with Crippen molar-refractivity contribution >= 4 is 33.3 Å². The number of benzene rings is 1. The van der Waals surface area contributed by atoms with E-state index < -0.39 is 0 Å². The topological polar surface area (TPSA) is 55.1 Å². The lowest BCUT2D eigenvalue weighted by atomic mass is 10.0. The third kappa shape index (κ3) is 2.99. The molecule has 126 valence electrons. The van der Waals surface area contributed by atoms with Crippen LogP contribution >= 0.6 is 23.1 Å². The van der Waals surface area contributed by atoms with E-state index in [2.05, 4.69) is 4.98 Å². The van der Waals surface area contributed by atoms with E-state index >= 15 is 0 Å². The van der Waals surface area contributed by atoms with E-state index in [0.29, 0.717) is 27.7 Å². The minimum absolute atomic E-state index is 0.0343. The summed E-state index contributed by atoms with van der Waals surface area (Å²) in [5.41, 5.74) is 1.55. The van der Waals surface area contributed by atoms with E-state index in [4.69, 9.17) is 5.11 Å². The Labute approximate surface area is 147 Å². The summed E-state index contributed by atoms with van der Waals surface area (Å²) in [5, 5.41) is 10.2. The molecule has 2 heterocycles. The summed E-state index contributed by atoms with van der Waals surface area (Å²) in [6, 6.07) is 6.17. The van der Waals surface area contributed by atoms with Crippen LogP contribution in [-0.4, -0.2) is 27.0 Å². The highest BCUT2D eigenvalue weighted by atomic mass is 32.2. The fourth-order valence-electron chi connectivity index (χ4n) is 2.67. The third-order valence-electron chi connectivity index (χ3n) is 3.72. The van der Waals surface area contributed by atoms with Crippen LogP contribution in [-0.2, 0) is 6.54 Å². The Balaban J connectivity index is 2.27. The zero-order valence-electron chi connectivity index (χ0n) is 13.4. The van der Waals surface area contributed by atoms with E-state index in [-0.39, 0.29) is 18.0 Å². The van der Waals surface area contributed by atoms with Crippen molar-refractivity contribution in [1.29, 1.82) is 0 Å². The zero-order chi connectivity index (χ0) is 17.3. The molecule has 0 fully saturated rings. The number of hydrogen-bond acceptors (Lipinski definition) is 5. The average Bonchev–Trinajstić information content (AvgIpc) is 2.90. The number of thioether (sulfide) groups is 1. The number of fused-ring (bicyclic) bond motifs is 1. The Kier molecular flexibility index (Phi) is 5.03. The van der Waals surface area contributed by atoms with Crippen molar-refractivity contribution < 1.29 is 9.50 Å². The quantitative estimate of drug-likeness (QED) is 0.554. The highest BCUT2D eigenvalue weighted by Gasteiger charge is 2.19. The summed E-state index contributed by atoms with van der Waals surface area (Å²) >= 11 is 2.84. The van der Waals surface area contributed by atoms with Crippen LogP contribution in [0, 0.1) is 12.7 Å². The van der Waals surface area contributed by atoms with Crippen molar-refractivity contribution in [3.05, 3.63) is 45.3 Å². The Bertz CT molecular complexity index is 932. The fourth-order valence-corrected chi connectivity index (χ4v) is 4.56.